The molecular weight excluding hydrogens is 209 g/mol. The lowest BCUT2D eigenvalue weighted by molar-refractivity contribution is -0.141. The maximum Gasteiger partial charge on any atom is 0.326 e. The molecule has 0 aliphatic rings. The van der Waals surface area contributed by atoms with E-state index in [0.29, 0.717) is 0 Å². The average molecular weight is 226 g/mol. The van der Waals surface area contributed by atoms with Gasteiger partial charge in [-0.15, -0.1) is 0 Å². The van der Waals surface area contributed by atoms with Gasteiger partial charge in [0, 0.05) is 23.8 Å². The van der Waals surface area contributed by atoms with E-state index in [9.17, 15) is 14.2 Å². The van der Waals surface area contributed by atoms with Crippen LogP contribution in [0.1, 0.15) is 17.4 Å². The SMILES string of the molecule is [2H]C([2H])([2H])C(=O)NC(CCP(C)(=O)O)C(=O)O. The Morgan fingerprint density at radius 3 is 2.57 bits per heavy atom. The number of hydrogen-bond donors (Lipinski definition) is 3. The first kappa shape index (κ1) is 8.44. The number of carboxylic acid groups (broad SMARTS) is 1. The molecule has 0 radical (unpaired) electrons. The summed E-state index contributed by atoms with van der Waals surface area (Å²) in [5.41, 5.74) is 0. The smallest absolute Gasteiger partial charge is 0.326 e. The van der Waals surface area contributed by atoms with Crippen LogP contribution in [-0.2, 0) is 14.2 Å². The molecule has 0 aromatic heterocycles. The van der Waals surface area contributed by atoms with Gasteiger partial charge in [-0.05, 0) is 6.42 Å². The third-order valence-corrected chi connectivity index (χ3v) is 2.52. The minimum atomic E-state index is -3.40. The zero-order valence-electron chi connectivity index (χ0n) is 10.6. The van der Waals surface area contributed by atoms with Crippen molar-refractivity contribution in [1.82, 2.24) is 5.32 Å². The largest absolute Gasteiger partial charge is 0.480 e. The summed E-state index contributed by atoms with van der Waals surface area (Å²) in [6.07, 6.45) is -0.618. The molecule has 0 bridgehead atoms. The van der Waals surface area contributed by atoms with Crippen LogP contribution in [0.3, 0.4) is 0 Å². The van der Waals surface area contributed by atoms with Gasteiger partial charge in [-0.1, -0.05) is 0 Å². The molecule has 2 atom stereocenters. The first-order chi connectivity index (χ1) is 7.43. The van der Waals surface area contributed by atoms with Gasteiger partial charge in [0.25, 0.3) is 0 Å². The van der Waals surface area contributed by atoms with Gasteiger partial charge in [0.05, 0.1) is 0 Å². The summed E-state index contributed by atoms with van der Waals surface area (Å²) in [7, 11) is -3.40. The Labute approximate surface area is 86.0 Å². The highest BCUT2D eigenvalue weighted by Crippen LogP contribution is 2.35. The van der Waals surface area contributed by atoms with Crippen LogP contribution < -0.4 is 5.32 Å². The Morgan fingerprint density at radius 1 is 1.64 bits per heavy atom. The molecule has 0 fully saturated rings. The summed E-state index contributed by atoms with van der Waals surface area (Å²) in [4.78, 5) is 30.7. The summed E-state index contributed by atoms with van der Waals surface area (Å²) >= 11 is 0. The number of amides is 1. The highest BCUT2D eigenvalue weighted by molar-refractivity contribution is 7.57. The molecule has 0 heterocycles. The van der Waals surface area contributed by atoms with E-state index in [1.54, 1.807) is 5.32 Å². The van der Waals surface area contributed by atoms with E-state index in [4.69, 9.17) is 14.1 Å². The van der Waals surface area contributed by atoms with Crippen LogP contribution in [0.25, 0.3) is 0 Å². The van der Waals surface area contributed by atoms with Crippen molar-refractivity contribution < 1.29 is 28.3 Å². The van der Waals surface area contributed by atoms with Crippen molar-refractivity contribution in [2.45, 2.75) is 19.3 Å². The Balaban J connectivity index is 4.52. The van der Waals surface area contributed by atoms with Gasteiger partial charge >= 0.3 is 5.97 Å². The van der Waals surface area contributed by atoms with E-state index in [1.807, 2.05) is 0 Å². The predicted molar refractivity (Wildman–Crippen MR) is 50.5 cm³/mol. The number of aliphatic carboxylic acids is 1. The van der Waals surface area contributed by atoms with Crippen molar-refractivity contribution >= 4 is 19.2 Å². The summed E-state index contributed by atoms with van der Waals surface area (Å²) in [5.74, 6) is -2.84. The predicted octanol–water partition coefficient (Wildman–Crippen LogP) is -0.134. The van der Waals surface area contributed by atoms with Crippen molar-refractivity contribution in [2.75, 3.05) is 12.8 Å². The van der Waals surface area contributed by atoms with Crippen LogP contribution in [-0.4, -0.2) is 40.7 Å². The lowest BCUT2D eigenvalue weighted by Crippen LogP contribution is -2.40. The minimum absolute atomic E-state index is 0.304. The molecule has 1 amide bonds. The summed E-state index contributed by atoms with van der Waals surface area (Å²) in [5, 5.41) is 10.5. The molecule has 0 saturated heterocycles. The lowest BCUT2D eigenvalue weighted by atomic mass is 10.2. The zero-order valence-corrected chi connectivity index (χ0v) is 8.45. The van der Waals surface area contributed by atoms with Gasteiger partial charge in [0.1, 0.15) is 6.04 Å². The molecule has 0 aromatic rings. The van der Waals surface area contributed by atoms with E-state index in [2.05, 4.69) is 0 Å². The van der Waals surface area contributed by atoms with Crippen LogP contribution in [0.2, 0.25) is 0 Å². The first-order valence-corrected chi connectivity index (χ1v) is 6.06. The minimum Gasteiger partial charge on any atom is -0.480 e. The first-order valence-electron chi connectivity index (χ1n) is 5.26. The second-order valence-corrected chi connectivity index (χ2v) is 5.48. The summed E-state index contributed by atoms with van der Waals surface area (Å²) < 4.78 is 31.2. The third kappa shape index (κ3) is 6.62. The maximum absolute atomic E-state index is 11.0. The number of carbonyl (C=O) groups excluding carboxylic acids is 1. The third-order valence-electron chi connectivity index (χ3n) is 1.44. The molecule has 82 valence electrons. The van der Waals surface area contributed by atoms with Crippen LogP contribution in [0, 0.1) is 0 Å². The van der Waals surface area contributed by atoms with Crippen LogP contribution >= 0.6 is 7.37 Å². The van der Waals surface area contributed by atoms with Gasteiger partial charge in [-0.25, -0.2) is 4.79 Å². The quantitative estimate of drug-likeness (QED) is 0.566. The number of nitrogens with one attached hydrogen (secondary N) is 1. The molecule has 0 saturated carbocycles. The molecule has 0 aliphatic carbocycles. The van der Waals surface area contributed by atoms with Crippen LogP contribution in [0.5, 0.6) is 0 Å². The Bertz CT molecular complexity index is 350. The molecule has 0 aliphatic heterocycles. The van der Waals surface area contributed by atoms with Crippen LogP contribution in [0.4, 0.5) is 0 Å². The standard InChI is InChI=1S/C7H14NO5P/c1-5(9)8-6(7(10)11)3-4-14(2,12)13/h6H,3-4H2,1-2H3,(H,8,9)(H,10,11)(H,12,13)/i1D3. The van der Waals surface area contributed by atoms with E-state index in [-0.39, 0.29) is 12.6 Å². The van der Waals surface area contributed by atoms with Gasteiger partial charge in [-0.3, -0.25) is 9.36 Å². The highest BCUT2D eigenvalue weighted by atomic mass is 31.2. The van der Waals surface area contributed by atoms with Crippen molar-refractivity contribution in [1.29, 1.82) is 0 Å². The average Bonchev–Trinajstić information content (AvgIpc) is 2.07. The van der Waals surface area contributed by atoms with Crippen molar-refractivity contribution in [3.63, 3.8) is 0 Å². The van der Waals surface area contributed by atoms with Crippen molar-refractivity contribution in [2.24, 2.45) is 0 Å². The fraction of sp³-hybridized carbons (Fsp3) is 0.714. The Hall–Kier alpha value is -0.870. The normalized spacial score (nSPS) is 20.9. The molecular formula is C7H14NO5P. The molecule has 7 heteroatoms. The molecule has 2 unspecified atom stereocenters. The maximum atomic E-state index is 11.0. The van der Waals surface area contributed by atoms with E-state index in [1.165, 1.54) is 0 Å². The zero-order chi connectivity index (χ0) is 13.9. The van der Waals surface area contributed by atoms with Gasteiger partial charge in [0.15, 0.2) is 7.37 Å². The van der Waals surface area contributed by atoms with E-state index in [0.717, 1.165) is 6.66 Å². The Kier molecular flexibility index (Phi) is 3.09. The summed E-state index contributed by atoms with van der Waals surface area (Å²) in [6, 6.07) is -1.48. The highest BCUT2D eigenvalue weighted by Gasteiger charge is 2.21. The number of carboxylic acids is 1. The molecule has 3 N–H and O–H groups in total. The molecule has 6 nitrogen and oxygen atoms in total. The van der Waals surface area contributed by atoms with E-state index >= 15 is 0 Å². The lowest BCUT2D eigenvalue weighted by Gasteiger charge is -2.13. The van der Waals surface area contributed by atoms with Crippen molar-refractivity contribution in [3.05, 3.63) is 0 Å². The fourth-order valence-electron chi connectivity index (χ4n) is 0.784. The summed E-state index contributed by atoms with van der Waals surface area (Å²) in [6.45, 7) is -1.89. The van der Waals surface area contributed by atoms with Gasteiger partial charge in [-0.2, -0.15) is 0 Å². The Morgan fingerprint density at radius 2 is 2.21 bits per heavy atom. The monoisotopic (exact) mass is 226 g/mol. The van der Waals surface area contributed by atoms with Crippen molar-refractivity contribution in [3.8, 4) is 0 Å². The molecule has 14 heavy (non-hydrogen) atoms. The molecule has 0 spiro atoms. The van der Waals surface area contributed by atoms with E-state index < -0.39 is 32.1 Å². The topological polar surface area (TPSA) is 104 Å². The van der Waals surface area contributed by atoms with Gasteiger partial charge < -0.3 is 15.3 Å². The van der Waals surface area contributed by atoms with Gasteiger partial charge in [0.2, 0.25) is 5.91 Å². The molecule has 0 aromatic carbocycles. The number of carbonyl (C=O) groups is 2. The van der Waals surface area contributed by atoms with Crippen LogP contribution in [0.15, 0.2) is 0 Å². The second kappa shape index (κ2) is 5.12. The fourth-order valence-corrected chi connectivity index (χ4v) is 1.52. The number of hydrogen-bond acceptors (Lipinski definition) is 3. The number of rotatable bonds is 5. The second-order valence-electron chi connectivity index (χ2n) is 2.93. The molecule has 0 rings (SSSR count).